The van der Waals surface area contributed by atoms with Crippen molar-refractivity contribution in [2.75, 3.05) is 0 Å². The molecule has 0 fully saturated rings. The largest absolute Gasteiger partial charge is 0.476 e. The van der Waals surface area contributed by atoms with Crippen LogP contribution in [0, 0.1) is 0 Å². The second-order valence-corrected chi connectivity index (χ2v) is 4.54. The number of primary amides is 1. The molecule has 7 nitrogen and oxygen atoms in total. The normalized spacial score (nSPS) is 10.9. The van der Waals surface area contributed by atoms with Gasteiger partial charge in [-0.15, -0.1) is 0 Å². The molecule has 3 aromatic rings. The third-order valence-corrected chi connectivity index (χ3v) is 3.16. The van der Waals surface area contributed by atoms with Crippen LogP contribution in [-0.4, -0.2) is 26.7 Å². The van der Waals surface area contributed by atoms with E-state index in [-0.39, 0.29) is 12.2 Å². The minimum Gasteiger partial charge on any atom is -0.476 e. The molecule has 0 aliphatic carbocycles. The van der Waals surface area contributed by atoms with Crippen LogP contribution in [0.4, 0.5) is 0 Å². The van der Waals surface area contributed by atoms with Gasteiger partial charge in [-0.25, -0.2) is 4.79 Å². The van der Waals surface area contributed by atoms with Crippen LogP contribution in [0.1, 0.15) is 26.6 Å². The molecule has 7 heteroatoms. The van der Waals surface area contributed by atoms with Crippen LogP contribution in [-0.2, 0) is 6.54 Å². The van der Waals surface area contributed by atoms with Crippen molar-refractivity contribution >= 4 is 22.8 Å². The standard InChI is InChI=1S/C14H11N3O4/c15-13(18)10-7-17(12-4-2-1-3-9(10)12)6-8-5-11(14(19)20)16-21-8/h1-5,7H,6H2,(H2,15,18)(H,19,20). The number of benzene rings is 1. The number of amides is 1. The van der Waals surface area contributed by atoms with Crippen LogP contribution in [0.3, 0.4) is 0 Å². The average Bonchev–Trinajstić information content (AvgIpc) is 3.05. The number of nitrogens with two attached hydrogens (primary N) is 1. The highest BCUT2D eigenvalue weighted by atomic mass is 16.5. The Labute approximate surface area is 118 Å². The van der Waals surface area contributed by atoms with Crippen molar-refractivity contribution in [3.05, 3.63) is 53.5 Å². The maximum atomic E-state index is 11.5. The third kappa shape index (κ3) is 2.25. The lowest BCUT2D eigenvalue weighted by Gasteiger charge is -2.00. The number of aromatic nitrogens is 2. The smallest absolute Gasteiger partial charge is 0.358 e. The molecule has 0 spiro atoms. The minimum atomic E-state index is -1.15. The Morgan fingerprint density at radius 2 is 2.10 bits per heavy atom. The van der Waals surface area contributed by atoms with E-state index in [1.54, 1.807) is 16.8 Å². The predicted molar refractivity (Wildman–Crippen MR) is 73.0 cm³/mol. The summed E-state index contributed by atoms with van der Waals surface area (Å²) in [5.41, 5.74) is 6.42. The molecule has 0 saturated carbocycles. The first-order valence-corrected chi connectivity index (χ1v) is 6.13. The van der Waals surface area contributed by atoms with E-state index in [1.807, 2.05) is 18.2 Å². The van der Waals surface area contributed by atoms with E-state index in [0.717, 1.165) is 10.9 Å². The Balaban J connectivity index is 2.04. The average molecular weight is 285 g/mol. The van der Waals surface area contributed by atoms with Crippen molar-refractivity contribution in [2.45, 2.75) is 6.54 Å². The summed E-state index contributed by atoms with van der Waals surface area (Å²) in [7, 11) is 0. The minimum absolute atomic E-state index is 0.156. The second kappa shape index (κ2) is 4.78. The molecular formula is C14H11N3O4. The van der Waals surface area contributed by atoms with Gasteiger partial charge in [0, 0.05) is 23.2 Å². The predicted octanol–water partition coefficient (Wildman–Crippen LogP) is 1.47. The van der Waals surface area contributed by atoms with E-state index in [1.165, 1.54) is 6.07 Å². The summed E-state index contributed by atoms with van der Waals surface area (Å²) in [6.07, 6.45) is 1.62. The Morgan fingerprint density at radius 3 is 2.76 bits per heavy atom. The molecule has 3 N–H and O–H groups in total. The number of rotatable bonds is 4. The zero-order valence-corrected chi connectivity index (χ0v) is 10.8. The second-order valence-electron chi connectivity index (χ2n) is 4.54. The summed E-state index contributed by atoms with van der Waals surface area (Å²) in [6.45, 7) is 0.258. The van der Waals surface area contributed by atoms with Gasteiger partial charge in [0.15, 0.2) is 11.5 Å². The number of carboxylic acids is 1. The zero-order chi connectivity index (χ0) is 15.0. The summed E-state index contributed by atoms with van der Waals surface area (Å²) in [6, 6.07) is 8.65. The molecule has 1 amide bonds. The number of hydrogen-bond donors (Lipinski definition) is 2. The molecule has 0 bridgehead atoms. The van der Waals surface area contributed by atoms with Gasteiger partial charge < -0.3 is 19.9 Å². The summed E-state index contributed by atoms with van der Waals surface area (Å²) in [5.74, 6) is -1.29. The summed E-state index contributed by atoms with van der Waals surface area (Å²) < 4.78 is 6.75. The summed E-state index contributed by atoms with van der Waals surface area (Å²) >= 11 is 0. The van der Waals surface area contributed by atoms with Crippen molar-refractivity contribution < 1.29 is 19.2 Å². The van der Waals surface area contributed by atoms with Crippen molar-refractivity contribution in [1.82, 2.24) is 9.72 Å². The molecule has 3 rings (SSSR count). The molecule has 0 radical (unpaired) electrons. The van der Waals surface area contributed by atoms with Crippen molar-refractivity contribution in [3.8, 4) is 0 Å². The number of fused-ring (bicyclic) bond motifs is 1. The number of carbonyl (C=O) groups excluding carboxylic acids is 1. The summed E-state index contributed by atoms with van der Waals surface area (Å²) in [4.78, 5) is 22.3. The van der Waals surface area contributed by atoms with E-state index >= 15 is 0 Å². The van der Waals surface area contributed by atoms with Gasteiger partial charge in [-0.1, -0.05) is 23.4 Å². The van der Waals surface area contributed by atoms with E-state index < -0.39 is 11.9 Å². The number of aromatic carboxylic acids is 1. The third-order valence-electron chi connectivity index (χ3n) is 3.16. The highest BCUT2D eigenvalue weighted by Crippen LogP contribution is 2.22. The lowest BCUT2D eigenvalue weighted by atomic mass is 10.2. The van der Waals surface area contributed by atoms with Crippen LogP contribution in [0.15, 0.2) is 41.1 Å². The highest BCUT2D eigenvalue weighted by Gasteiger charge is 2.15. The van der Waals surface area contributed by atoms with Gasteiger partial charge in [0.1, 0.15) is 0 Å². The van der Waals surface area contributed by atoms with E-state index in [9.17, 15) is 9.59 Å². The molecule has 0 unspecified atom stereocenters. The Kier molecular flexibility index (Phi) is 2.94. The number of carboxylic acid groups (broad SMARTS) is 1. The molecular weight excluding hydrogens is 274 g/mol. The van der Waals surface area contributed by atoms with E-state index in [4.69, 9.17) is 15.4 Å². The maximum absolute atomic E-state index is 11.5. The van der Waals surface area contributed by atoms with Gasteiger partial charge in [0.25, 0.3) is 5.91 Å². The van der Waals surface area contributed by atoms with Gasteiger partial charge >= 0.3 is 5.97 Å². The van der Waals surface area contributed by atoms with Gasteiger partial charge in [-0.05, 0) is 6.07 Å². The molecule has 2 heterocycles. The quantitative estimate of drug-likeness (QED) is 0.754. The van der Waals surface area contributed by atoms with Crippen molar-refractivity contribution in [1.29, 1.82) is 0 Å². The molecule has 1 aromatic carbocycles. The van der Waals surface area contributed by atoms with Crippen LogP contribution in [0.25, 0.3) is 10.9 Å². The molecule has 0 aliphatic heterocycles. The van der Waals surface area contributed by atoms with Crippen LogP contribution in [0.2, 0.25) is 0 Å². The van der Waals surface area contributed by atoms with Crippen molar-refractivity contribution in [3.63, 3.8) is 0 Å². The first-order chi connectivity index (χ1) is 10.1. The fraction of sp³-hybridized carbons (Fsp3) is 0.0714. The Hall–Kier alpha value is -3.09. The van der Waals surface area contributed by atoms with Crippen LogP contribution < -0.4 is 5.73 Å². The van der Waals surface area contributed by atoms with Gasteiger partial charge in [0.05, 0.1) is 12.1 Å². The number of carbonyl (C=O) groups is 2. The van der Waals surface area contributed by atoms with E-state index in [2.05, 4.69) is 5.16 Å². The van der Waals surface area contributed by atoms with Crippen LogP contribution in [0.5, 0.6) is 0 Å². The van der Waals surface area contributed by atoms with Gasteiger partial charge in [-0.2, -0.15) is 0 Å². The number of hydrogen-bond acceptors (Lipinski definition) is 4. The van der Waals surface area contributed by atoms with Crippen LogP contribution >= 0.6 is 0 Å². The zero-order valence-electron chi connectivity index (χ0n) is 10.8. The van der Waals surface area contributed by atoms with Crippen molar-refractivity contribution in [2.24, 2.45) is 5.73 Å². The molecule has 0 saturated heterocycles. The molecule has 106 valence electrons. The Morgan fingerprint density at radius 1 is 1.33 bits per heavy atom. The topological polar surface area (TPSA) is 111 Å². The van der Waals surface area contributed by atoms with Gasteiger partial charge in [0.2, 0.25) is 0 Å². The fourth-order valence-electron chi connectivity index (χ4n) is 2.23. The fourth-order valence-corrected chi connectivity index (χ4v) is 2.23. The first-order valence-electron chi connectivity index (χ1n) is 6.13. The lowest BCUT2D eigenvalue weighted by molar-refractivity contribution is 0.0685. The monoisotopic (exact) mass is 285 g/mol. The number of para-hydroxylation sites is 1. The van der Waals surface area contributed by atoms with Gasteiger partial charge in [-0.3, -0.25) is 4.79 Å². The maximum Gasteiger partial charge on any atom is 0.358 e. The molecule has 0 aliphatic rings. The lowest BCUT2D eigenvalue weighted by Crippen LogP contribution is -2.10. The highest BCUT2D eigenvalue weighted by molar-refractivity contribution is 6.06. The molecule has 21 heavy (non-hydrogen) atoms. The molecule has 0 atom stereocenters. The number of nitrogens with zero attached hydrogens (tertiary/aromatic N) is 2. The first kappa shape index (κ1) is 12.9. The van der Waals surface area contributed by atoms with E-state index in [0.29, 0.717) is 11.3 Å². The Bertz CT molecular complexity index is 847. The molecule has 2 aromatic heterocycles. The SMILES string of the molecule is NC(=O)c1cn(Cc2cc(C(=O)O)no2)c2ccccc12. The summed E-state index contributed by atoms with van der Waals surface area (Å²) in [5, 5.41) is 13.0.